The van der Waals surface area contributed by atoms with Crippen LogP contribution >= 0.6 is 0 Å². The molecule has 0 fully saturated rings. The standard InChI is InChI=1S/C13H14N2/c1-10-5-3-4-6-12(10)7-13(9-15)11(2)8-14/h3-9,14-15H,2H2,1H3/b13-7-,14-8?,15-9?. The number of aryl methyl sites for hydroxylation is 1. The Morgan fingerprint density at radius 2 is 1.87 bits per heavy atom. The zero-order chi connectivity index (χ0) is 11.3. The molecule has 2 N–H and O–H groups in total. The van der Waals surface area contributed by atoms with Gasteiger partial charge >= 0.3 is 0 Å². The number of hydrogen-bond donors (Lipinski definition) is 2. The fourth-order valence-corrected chi connectivity index (χ4v) is 1.23. The molecule has 0 unspecified atom stereocenters. The van der Waals surface area contributed by atoms with Crippen molar-refractivity contribution in [2.75, 3.05) is 0 Å². The molecule has 15 heavy (non-hydrogen) atoms. The molecule has 0 saturated heterocycles. The van der Waals surface area contributed by atoms with Crippen LogP contribution < -0.4 is 0 Å². The maximum Gasteiger partial charge on any atom is 0.0256 e. The summed E-state index contributed by atoms with van der Waals surface area (Å²) in [5.74, 6) is 0. The Morgan fingerprint density at radius 3 is 2.40 bits per heavy atom. The summed E-state index contributed by atoms with van der Waals surface area (Å²) < 4.78 is 0. The molecular weight excluding hydrogens is 184 g/mol. The molecular formula is C13H14N2. The fraction of sp³-hybridized carbons (Fsp3) is 0.0769. The molecule has 1 rings (SSSR count). The summed E-state index contributed by atoms with van der Waals surface area (Å²) in [6.07, 6.45) is 4.25. The van der Waals surface area contributed by atoms with Crippen LogP contribution in [0.3, 0.4) is 0 Å². The fourth-order valence-electron chi connectivity index (χ4n) is 1.23. The van der Waals surface area contributed by atoms with Gasteiger partial charge in [0, 0.05) is 18.0 Å². The average molecular weight is 198 g/mol. The molecule has 2 nitrogen and oxygen atoms in total. The number of benzene rings is 1. The Labute approximate surface area is 90.0 Å². The van der Waals surface area contributed by atoms with E-state index in [-0.39, 0.29) is 0 Å². The monoisotopic (exact) mass is 198 g/mol. The van der Waals surface area contributed by atoms with Gasteiger partial charge in [0.25, 0.3) is 0 Å². The van der Waals surface area contributed by atoms with E-state index in [0.29, 0.717) is 11.1 Å². The predicted molar refractivity (Wildman–Crippen MR) is 65.9 cm³/mol. The highest BCUT2D eigenvalue weighted by atomic mass is 14.4. The van der Waals surface area contributed by atoms with Crippen LogP contribution in [0.2, 0.25) is 0 Å². The third-order valence-corrected chi connectivity index (χ3v) is 2.20. The average Bonchev–Trinajstić information content (AvgIpc) is 2.27. The second-order valence-electron chi connectivity index (χ2n) is 3.27. The third-order valence-electron chi connectivity index (χ3n) is 2.20. The van der Waals surface area contributed by atoms with Crippen LogP contribution in [-0.2, 0) is 0 Å². The van der Waals surface area contributed by atoms with Crippen LogP contribution in [0.15, 0.2) is 42.0 Å². The van der Waals surface area contributed by atoms with Crippen LogP contribution in [-0.4, -0.2) is 12.4 Å². The molecule has 2 heteroatoms. The van der Waals surface area contributed by atoms with Gasteiger partial charge in [0.15, 0.2) is 0 Å². The molecule has 0 aliphatic heterocycles. The van der Waals surface area contributed by atoms with Crippen LogP contribution in [0.1, 0.15) is 11.1 Å². The van der Waals surface area contributed by atoms with Gasteiger partial charge in [0.05, 0.1) is 0 Å². The number of allylic oxidation sites excluding steroid dienone is 2. The van der Waals surface area contributed by atoms with E-state index in [1.807, 2.05) is 37.3 Å². The van der Waals surface area contributed by atoms with Crippen LogP contribution in [0.4, 0.5) is 0 Å². The maximum atomic E-state index is 7.26. The van der Waals surface area contributed by atoms with Gasteiger partial charge in [0.2, 0.25) is 0 Å². The summed E-state index contributed by atoms with van der Waals surface area (Å²) in [6, 6.07) is 7.92. The highest BCUT2D eigenvalue weighted by molar-refractivity contribution is 6.00. The van der Waals surface area contributed by atoms with Gasteiger partial charge in [-0.05, 0) is 29.7 Å². The van der Waals surface area contributed by atoms with Gasteiger partial charge in [0.1, 0.15) is 0 Å². The van der Waals surface area contributed by atoms with Crippen molar-refractivity contribution in [1.29, 1.82) is 10.8 Å². The topological polar surface area (TPSA) is 47.7 Å². The molecule has 0 aromatic heterocycles. The second kappa shape index (κ2) is 5.05. The summed E-state index contributed by atoms with van der Waals surface area (Å²) in [5.41, 5.74) is 3.42. The maximum absolute atomic E-state index is 7.26. The SMILES string of the molecule is C=C(C=N)/C(C=N)=C\c1ccccc1C. The van der Waals surface area contributed by atoms with Gasteiger partial charge in [-0.25, -0.2) is 0 Å². The van der Waals surface area contributed by atoms with Gasteiger partial charge in [-0.2, -0.15) is 0 Å². The zero-order valence-corrected chi connectivity index (χ0v) is 8.75. The van der Waals surface area contributed by atoms with Crippen LogP contribution in [0, 0.1) is 17.7 Å². The van der Waals surface area contributed by atoms with E-state index in [0.717, 1.165) is 17.3 Å². The van der Waals surface area contributed by atoms with Gasteiger partial charge < -0.3 is 10.8 Å². The van der Waals surface area contributed by atoms with Crippen LogP contribution in [0.5, 0.6) is 0 Å². The number of nitrogens with one attached hydrogen (secondary N) is 2. The molecule has 0 heterocycles. The van der Waals surface area contributed by atoms with Crippen molar-refractivity contribution in [1.82, 2.24) is 0 Å². The lowest BCUT2D eigenvalue weighted by Gasteiger charge is -2.02. The molecule has 0 spiro atoms. The molecule has 1 aromatic carbocycles. The van der Waals surface area contributed by atoms with Crippen molar-refractivity contribution in [2.45, 2.75) is 6.92 Å². The lowest BCUT2D eigenvalue weighted by Crippen LogP contribution is -1.91. The minimum Gasteiger partial charge on any atom is -0.308 e. The summed E-state index contributed by atoms with van der Waals surface area (Å²) in [4.78, 5) is 0. The molecule has 76 valence electrons. The van der Waals surface area contributed by atoms with Crippen molar-refractivity contribution < 1.29 is 0 Å². The van der Waals surface area contributed by atoms with E-state index in [4.69, 9.17) is 10.8 Å². The Morgan fingerprint density at radius 1 is 1.20 bits per heavy atom. The van der Waals surface area contributed by atoms with Crippen molar-refractivity contribution in [3.63, 3.8) is 0 Å². The number of hydrogen-bond acceptors (Lipinski definition) is 2. The Kier molecular flexibility index (Phi) is 3.75. The van der Waals surface area contributed by atoms with Gasteiger partial charge in [-0.1, -0.05) is 30.8 Å². The highest BCUT2D eigenvalue weighted by Gasteiger charge is 1.98. The third kappa shape index (κ3) is 2.74. The lowest BCUT2D eigenvalue weighted by molar-refractivity contribution is 1.44. The summed E-state index contributed by atoms with van der Waals surface area (Å²) in [6.45, 7) is 5.72. The molecule has 1 aromatic rings. The summed E-state index contributed by atoms with van der Waals surface area (Å²) in [5, 5.41) is 14.3. The molecule has 0 atom stereocenters. The highest BCUT2D eigenvalue weighted by Crippen LogP contribution is 2.14. The van der Waals surface area contributed by atoms with Gasteiger partial charge in [-0.3, -0.25) is 0 Å². The first kappa shape index (κ1) is 11.1. The Balaban J connectivity index is 3.14. The summed E-state index contributed by atoms with van der Waals surface area (Å²) >= 11 is 0. The van der Waals surface area contributed by atoms with E-state index in [1.165, 1.54) is 6.21 Å². The smallest absolute Gasteiger partial charge is 0.0256 e. The van der Waals surface area contributed by atoms with Crippen LogP contribution in [0.25, 0.3) is 6.08 Å². The quantitative estimate of drug-likeness (QED) is 0.551. The molecule has 0 aliphatic rings. The lowest BCUT2D eigenvalue weighted by atomic mass is 10.0. The first-order valence-corrected chi connectivity index (χ1v) is 4.66. The molecule has 0 bridgehead atoms. The van der Waals surface area contributed by atoms with E-state index in [9.17, 15) is 0 Å². The molecule has 0 radical (unpaired) electrons. The predicted octanol–water partition coefficient (Wildman–Crippen LogP) is 3.23. The minimum absolute atomic E-state index is 0.549. The first-order chi connectivity index (χ1) is 7.19. The molecule has 0 saturated carbocycles. The second-order valence-corrected chi connectivity index (χ2v) is 3.27. The molecule has 0 amide bonds. The first-order valence-electron chi connectivity index (χ1n) is 4.66. The van der Waals surface area contributed by atoms with Crippen molar-refractivity contribution in [3.8, 4) is 0 Å². The zero-order valence-electron chi connectivity index (χ0n) is 8.75. The van der Waals surface area contributed by atoms with Crippen molar-refractivity contribution >= 4 is 18.5 Å². The minimum atomic E-state index is 0.549. The number of rotatable bonds is 4. The van der Waals surface area contributed by atoms with E-state index in [2.05, 4.69) is 6.58 Å². The van der Waals surface area contributed by atoms with E-state index in [1.54, 1.807) is 0 Å². The van der Waals surface area contributed by atoms with Gasteiger partial charge in [-0.15, -0.1) is 0 Å². The van der Waals surface area contributed by atoms with Crippen molar-refractivity contribution in [2.24, 2.45) is 0 Å². The largest absolute Gasteiger partial charge is 0.308 e. The van der Waals surface area contributed by atoms with Crippen molar-refractivity contribution in [3.05, 3.63) is 53.1 Å². The van der Waals surface area contributed by atoms with E-state index < -0.39 is 0 Å². The molecule has 0 aliphatic carbocycles. The Bertz CT molecular complexity index is 428. The van der Waals surface area contributed by atoms with E-state index >= 15 is 0 Å². The normalized spacial score (nSPS) is 10.9. The summed E-state index contributed by atoms with van der Waals surface area (Å²) in [7, 11) is 0. The Hall–Kier alpha value is -1.96.